The Hall–Kier alpha value is -2.85. The van der Waals surface area contributed by atoms with E-state index in [1.165, 1.54) is 26.2 Å². The quantitative estimate of drug-likeness (QED) is 0.789. The average molecular weight is 365 g/mol. The van der Waals surface area contributed by atoms with Crippen LogP contribution in [0, 0.1) is 11.3 Å². The number of phenols is 1. The summed E-state index contributed by atoms with van der Waals surface area (Å²) in [7, 11) is 1.42. The second-order valence-corrected chi connectivity index (χ2v) is 5.56. The number of halogens is 1. The van der Waals surface area contributed by atoms with Crippen molar-refractivity contribution in [3.63, 3.8) is 0 Å². The molecule has 0 amide bonds. The number of carbonyl (C=O) groups excluding carboxylic acids is 1. The molecule has 3 N–H and O–H groups in total. The first-order valence-corrected chi connectivity index (χ1v) is 7.75. The first-order valence-electron chi connectivity index (χ1n) is 7.37. The molecule has 0 saturated carbocycles. The van der Waals surface area contributed by atoms with Gasteiger partial charge in [-0.3, -0.25) is 0 Å². The third-order valence-corrected chi connectivity index (χ3v) is 4.02. The minimum atomic E-state index is -1.02. The fourth-order valence-corrected chi connectivity index (χ4v) is 2.94. The molecular formula is C17H17ClN2O5. The van der Waals surface area contributed by atoms with Crippen LogP contribution in [-0.4, -0.2) is 24.8 Å². The molecule has 1 atom stereocenters. The second-order valence-electron chi connectivity index (χ2n) is 5.16. The highest BCUT2D eigenvalue weighted by Gasteiger charge is 2.39. The van der Waals surface area contributed by atoms with E-state index in [9.17, 15) is 15.2 Å². The molecule has 8 heteroatoms. The maximum absolute atomic E-state index is 12.4. The maximum Gasteiger partial charge on any atom is 0.338 e. The molecule has 1 unspecified atom stereocenters. The number of benzene rings is 1. The van der Waals surface area contributed by atoms with Gasteiger partial charge in [-0.05, 0) is 19.9 Å². The fourth-order valence-electron chi connectivity index (χ4n) is 2.63. The highest BCUT2D eigenvalue weighted by molar-refractivity contribution is 6.32. The van der Waals surface area contributed by atoms with E-state index < -0.39 is 11.9 Å². The van der Waals surface area contributed by atoms with Gasteiger partial charge in [-0.15, -0.1) is 0 Å². The lowest BCUT2D eigenvalue weighted by atomic mass is 9.82. The molecule has 132 valence electrons. The van der Waals surface area contributed by atoms with Crippen LogP contribution in [-0.2, 0) is 14.3 Å². The highest BCUT2D eigenvalue weighted by atomic mass is 35.5. The van der Waals surface area contributed by atoms with Crippen LogP contribution in [0.3, 0.4) is 0 Å². The average Bonchev–Trinajstić information content (AvgIpc) is 2.54. The standard InChI is InChI=1S/C17H17ClN2O5/c1-4-24-17(22)13-8(2)25-16(20)10(7-19)14(13)15-11(18)5-9(23-3)6-12(15)21/h5-6,14,21H,4,20H2,1-3H3. The summed E-state index contributed by atoms with van der Waals surface area (Å²) in [5.74, 6) is -1.61. The number of hydrogen-bond donors (Lipinski definition) is 2. The van der Waals surface area contributed by atoms with E-state index in [0.29, 0.717) is 5.75 Å². The predicted molar refractivity (Wildman–Crippen MR) is 89.7 cm³/mol. The van der Waals surface area contributed by atoms with Crippen LogP contribution in [0.15, 0.2) is 34.9 Å². The molecule has 1 aromatic rings. The number of nitriles is 1. The Bertz CT molecular complexity index is 800. The summed E-state index contributed by atoms with van der Waals surface area (Å²) >= 11 is 6.28. The van der Waals surface area contributed by atoms with Gasteiger partial charge in [0.15, 0.2) is 0 Å². The number of phenolic OH excluding ortho intramolecular Hbond substituents is 1. The molecule has 0 aromatic heterocycles. The number of aromatic hydroxyl groups is 1. The lowest BCUT2D eigenvalue weighted by Gasteiger charge is -2.28. The molecule has 25 heavy (non-hydrogen) atoms. The van der Waals surface area contributed by atoms with Crippen LogP contribution >= 0.6 is 11.6 Å². The van der Waals surface area contributed by atoms with Gasteiger partial charge in [-0.1, -0.05) is 11.6 Å². The summed E-state index contributed by atoms with van der Waals surface area (Å²) in [5.41, 5.74) is 5.95. The number of nitrogens with two attached hydrogens (primary N) is 1. The first-order chi connectivity index (χ1) is 11.8. The van der Waals surface area contributed by atoms with Crippen molar-refractivity contribution in [3.05, 3.63) is 45.5 Å². The highest BCUT2D eigenvalue weighted by Crippen LogP contribution is 2.46. The zero-order valence-electron chi connectivity index (χ0n) is 13.9. The lowest BCUT2D eigenvalue weighted by Crippen LogP contribution is -2.25. The number of allylic oxidation sites excluding steroid dienone is 2. The van der Waals surface area contributed by atoms with Crippen LogP contribution in [0.4, 0.5) is 0 Å². The van der Waals surface area contributed by atoms with Gasteiger partial charge >= 0.3 is 5.97 Å². The Balaban J connectivity index is 2.74. The van der Waals surface area contributed by atoms with E-state index in [1.54, 1.807) is 6.92 Å². The number of nitrogens with zero attached hydrogens (tertiary/aromatic N) is 1. The summed E-state index contributed by atoms with van der Waals surface area (Å²) in [6, 6.07) is 4.72. The van der Waals surface area contributed by atoms with E-state index in [4.69, 9.17) is 31.5 Å². The Morgan fingerprint density at radius 3 is 2.72 bits per heavy atom. The first kappa shape index (κ1) is 18.5. The van der Waals surface area contributed by atoms with Crippen molar-refractivity contribution in [2.45, 2.75) is 19.8 Å². The summed E-state index contributed by atoms with van der Waals surface area (Å²) in [5, 5.41) is 20.0. The van der Waals surface area contributed by atoms with Gasteiger partial charge in [-0.25, -0.2) is 4.79 Å². The number of carbonyl (C=O) groups is 1. The van der Waals surface area contributed by atoms with Crippen molar-refractivity contribution in [3.8, 4) is 17.6 Å². The van der Waals surface area contributed by atoms with E-state index in [2.05, 4.69) is 0 Å². The summed E-state index contributed by atoms with van der Waals surface area (Å²) in [4.78, 5) is 12.4. The Morgan fingerprint density at radius 1 is 1.52 bits per heavy atom. The number of rotatable bonds is 4. The lowest BCUT2D eigenvalue weighted by molar-refractivity contribution is -0.139. The second kappa shape index (κ2) is 7.36. The topological polar surface area (TPSA) is 115 Å². The zero-order valence-corrected chi connectivity index (χ0v) is 14.7. The van der Waals surface area contributed by atoms with Crippen molar-refractivity contribution in [2.24, 2.45) is 5.73 Å². The fraction of sp³-hybridized carbons (Fsp3) is 0.294. The molecular weight excluding hydrogens is 348 g/mol. The molecule has 1 aliphatic rings. The SMILES string of the molecule is CCOC(=O)C1=C(C)OC(N)=C(C#N)C1c1c(O)cc(OC)cc1Cl. The molecule has 1 heterocycles. The minimum Gasteiger partial charge on any atom is -0.507 e. The van der Waals surface area contributed by atoms with Gasteiger partial charge in [-0.2, -0.15) is 5.26 Å². The van der Waals surface area contributed by atoms with E-state index in [1.807, 2.05) is 6.07 Å². The van der Waals surface area contributed by atoms with E-state index >= 15 is 0 Å². The Kier molecular flexibility index (Phi) is 5.45. The number of hydrogen-bond acceptors (Lipinski definition) is 7. The molecule has 0 fully saturated rings. The van der Waals surface area contributed by atoms with E-state index in [-0.39, 0.29) is 45.7 Å². The van der Waals surface area contributed by atoms with Crippen molar-refractivity contribution >= 4 is 17.6 Å². The minimum absolute atomic E-state index is 0.0454. The molecule has 1 aliphatic heterocycles. The predicted octanol–water partition coefficient (Wildman–Crippen LogP) is 2.70. The molecule has 0 saturated heterocycles. The summed E-state index contributed by atoms with van der Waals surface area (Å²) < 4.78 is 15.4. The molecule has 2 rings (SSSR count). The summed E-state index contributed by atoms with van der Waals surface area (Å²) in [6.45, 7) is 3.31. The smallest absolute Gasteiger partial charge is 0.338 e. The third kappa shape index (κ3) is 3.35. The van der Waals surface area contributed by atoms with Crippen molar-refractivity contribution < 1.29 is 24.1 Å². The van der Waals surface area contributed by atoms with Gasteiger partial charge < -0.3 is 25.1 Å². The molecule has 0 aliphatic carbocycles. The largest absolute Gasteiger partial charge is 0.507 e. The van der Waals surface area contributed by atoms with Crippen LogP contribution < -0.4 is 10.5 Å². The summed E-state index contributed by atoms with van der Waals surface area (Å²) in [6.07, 6.45) is 0. The van der Waals surface area contributed by atoms with Crippen molar-refractivity contribution in [2.75, 3.05) is 13.7 Å². The maximum atomic E-state index is 12.4. The normalized spacial score (nSPS) is 17.0. The van der Waals surface area contributed by atoms with Gasteiger partial charge in [0.05, 0.1) is 30.2 Å². The van der Waals surface area contributed by atoms with Crippen molar-refractivity contribution in [1.29, 1.82) is 5.26 Å². The van der Waals surface area contributed by atoms with Crippen molar-refractivity contribution in [1.82, 2.24) is 0 Å². The molecule has 0 bridgehead atoms. The Labute approximate surface area is 149 Å². The van der Waals surface area contributed by atoms with Gasteiger partial charge in [0.2, 0.25) is 5.88 Å². The third-order valence-electron chi connectivity index (χ3n) is 3.71. The van der Waals surface area contributed by atoms with Crippen LogP contribution in [0.1, 0.15) is 25.3 Å². The molecule has 0 radical (unpaired) electrons. The van der Waals surface area contributed by atoms with Gasteiger partial charge in [0.25, 0.3) is 0 Å². The Morgan fingerprint density at radius 2 is 2.20 bits per heavy atom. The van der Waals surface area contributed by atoms with Crippen LogP contribution in [0.25, 0.3) is 0 Å². The van der Waals surface area contributed by atoms with Crippen LogP contribution in [0.5, 0.6) is 11.5 Å². The molecule has 0 spiro atoms. The number of methoxy groups -OCH3 is 1. The molecule has 1 aromatic carbocycles. The number of ether oxygens (including phenoxy) is 3. The monoisotopic (exact) mass is 364 g/mol. The number of esters is 1. The van der Waals surface area contributed by atoms with Gasteiger partial charge in [0.1, 0.15) is 28.9 Å². The molecule has 7 nitrogen and oxygen atoms in total. The van der Waals surface area contributed by atoms with E-state index in [0.717, 1.165) is 0 Å². The zero-order chi connectivity index (χ0) is 18.7. The van der Waals surface area contributed by atoms with Crippen LogP contribution in [0.2, 0.25) is 5.02 Å². The van der Waals surface area contributed by atoms with Gasteiger partial charge in [0, 0.05) is 11.6 Å².